The second kappa shape index (κ2) is 4.50. The topological polar surface area (TPSA) is 54.1 Å². The molecule has 0 spiro atoms. The van der Waals surface area contributed by atoms with E-state index in [0.717, 1.165) is 28.9 Å². The first-order valence-corrected chi connectivity index (χ1v) is 5.70. The molecule has 6 heteroatoms. The van der Waals surface area contributed by atoms with Gasteiger partial charge in [0.25, 0.3) is 5.91 Å². The molecule has 0 atom stereocenters. The number of amides is 1. The van der Waals surface area contributed by atoms with Gasteiger partial charge in [-0.1, -0.05) is 17.7 Å². The number of rotatable bonds is 1. The van der Waals surface area contributed by atoms with Gasteiger partial charge in [-0.2, -0.15) is 4.99 Å². The Bertz CT molecular complexity index is 487. The maximum absolute atomic E-state index is 11.6. The highest BCUT2D eigenvalue weighted by Gasteiger charge is 2.08. The zero-order valence-electron chi connectivity index (χ0n) is 7.88. The predicted molar refractivity (Wildman–Crippen MR) is 62.8 cm³/mol. The van der Waals surface area contributed by atoms with Gasteiger partial charge in [-0.15, -0.1) is 8.13 Å². The van der Waals surface area contributed by atoms with Gasteiger partial charge in [0.05, 0.1) is 23.3 Å². The number of nitrogens with zero attached hydrogens (tertiary/aromatic N) is 3. The van der Waals surface area contributed by atoms with Crippen LogP contribution in [-0.2, 0) is 11.4 Å². The average molecular weight is 237 g/mol. The quantitative estimate of drug-likeness (QED) is 0.705. The monoisotopic (exact) mass is 237 g/mol. The van der Waals surface area contributed by atoms with Gasteiger partial charge in [0.2, 0.25) is 5.17 Å². The Hall–Kier alpha value is -1.27. The molecule has 1 aliphatic heterocycles. The summed E-state index contributed by atoms with van der Waals surface area (Å²) in [4.78, 5) is 15.4. The molecule has 0 aromatic heterocycles. The summed E-state index contributed by atoms with van der Waals surface area (Å²) in [5.74, 6) is -0.279. The molecule has 1 aromatic carbocycles. The standard InChI is InChI=1S/C9H7N3OS2/c1-6-2-4-7(5-3-6)8(13)10-9-11-15-12-14-9/h2-5H,1H3. The Kier molecular flexibility index (Phi) is 3.08. The summed E-state index contributed by atoms with van der Waals surface area (Å²) in [6.07, 6.45) is 0. The van der Waals surface area contributed by atoms with Crippen LogP contribution in [-0.4, -0.2) is 11.1 Å². The van der Waals surface area contributed by atoms with E-state index in [-0.39, 0.29) is 5.91 Å². The molecule has 4 nitrogen and oxygen atoms in total. The molecule has 0 bridgehead atoms. The fourth-order valence-electron chi connectivity index (χ4n) is 1.01. The molecule has 0 fully saturated rings. The van der Waals surface area contributed by atoms with E-state index < -0.39 is 0 Å². The summed E-state index contributed by atoms with van der Waals surface area (Å²) in [7, 11) is 0. The van der Waals surface area contributed by atoms with E-state index in [1.54, 1.807) is 12.1 Å². The second-order valence-electron chi connectivity index (χ2n) is 2.90. The zero-order valence-corrected chi connectivity index (χ0v) is 9.51. The van der Waals surface area contributed by atoms with Crippen molar-refractivity contribution in [3.05, 3.63) is 35.4 Å². The highest BCUT2D eigenvalue weighted by Crippen LogP contribution is 2.13. The van der Waals surface area contributed by atoms with Crippen LogP contribution in [0.3, 0.4) is 0 Å². The second-order valence-corrected chi connectivity index (χ2v) is 4.39. The van der Waals surface area contributed by atoms with E-state index in [2.05, 4.69) is 13.1 Å². The number of amidine groups is 1. The lowest BCUT2D eigenvalue weighted by Crippen LogP contribution is -1.97. The average Bonchev–Trinajstić information content (AvgIpc) is 2.71. The molecule has 1 heterocycles. The van der Waals surface area contributed by atoms with Crippen LogP contribution in [0.2, 0.25) is 0 Å². The van der Waals surface area contributed by atoms with E-state index in [1.165, 1.54) is 0 Å². The predicted octanol–water partition coefficient (Wildman–Crippen LogP) is 2.60. The Labute approximate surface area is 94.8 Å². The van der Waals surface area contributed by atoms with Crippen LogP contribution in [0.15, 0.2) is 37.4 Å². The molecular weight excluding hydrogens is 230 g/mol. The Balaban J connectivity index is 2.18. The third-order valence-electron chi connectivity index (χ3n) is 1.77. The Morgan fingerprint density at radius 1 is 1.33 bits per heavy atom. The summed E-state index contributed by atoms with van der Waals surface area (Å²) in [6, 6.07) is 7.27. The number of carbonyl (C=O) groups is 1. The van der Waals surface area contributed by atoms with Crippen molar-refractivity contribution < 1.29 is 4.79 Å². The molecule has 0 N–H and O–H groups in total. The number of hydrogen-bond donors (Lipinski definition) is 0. The summed E-state index contributed by atoms with van der Waals surface area (Å²) >= 11 is 2.17. The van der Waals surface area contributed by atoms with E-state index in [4.69, 9.17) is 0 Å². The lowest BCUT2D eigenvalue weighted by Gasteiger charge is -1.95. The molecule has 0 saturated carbocycles. The van der Waals surface area contributed by atoms with Crippen molar-refractivity contribution in [2.24, 2.45) is 13.1 Å². The van der Waals surface area contributed by atoms with Crippen molar-refractivity contribution in [2.75, 3.05) is 0 Å². The van der Waals surface area contributed by atoms with Gasteiger partial charge in [-0.05, 0) is 19.1 Å². The normalized spacial score (nSPS) is 16.7. The van der Waals surface area contributed by atoms with Gasteiger partial charge in [0.15, 0.2) is 0 Å². The van der Waals surface area contributed by atoms with Crippen LogP contribution in [0.1, 0.15) is 15.9 Å². The third-order valence-corrected chi connectivity index (χ3v) is 3.05. The molecular formula is C9H7N3OS2. The SMILES string of the molecule is Cc1ccc(C(=O)N=C2N=S=NS2)cc1. The molecule has 0 saturated heterocycles. The minimum atomic E-state index is -0.279. The van der Waals surface area contributed by atoms with Crippen molar-refractivity contribution >= 4 is 34.4 Å². The summed E-state index contributed by atoms with van der Waals surface area (Å²) in [5, 5.41) is 0.408. The van der Waals surface area contributed by atoms with Crippen LogP contribution in [0.4, 0.5) is 0 Å². The molecule has 15 heavy (non-hydrogen) atoms. The van der Waals surface area contributed by atoms with Crippen molar-refractivity contribution in [3.63, 3.8) is 0 Å². The molecule has 0 aliphatic carbocycles. The lowest BCUT2D eigenvalue weighted by molar-refractivity contribution is 0.100. The molecule has 1 aliphatic rings. The zero-order chi connectivity index (χ0) is 10.7. The molecule has 0 radical (unpaired) electrons. The van der Waals surface area contributed by atoms with Crippen LogP contribution in [0, 0.1) is 6.92 Å². The summed E-state index contributed by atoms with van der Waals surface area (Å²) in [5.41, 5.74) is 1.69. The van der Waals surface area contributed by atoms with Gasteiger partial charge >= 0.3 is 0 Å². The number of benzene rings is 1. The fourth-order valence-corrected chi connectivity index (χ4v) is 2.01. The summed E-state index contributed by atoms with van der Waals surface area (Å²) < 4.78 is 7.67. The van der Waals surface area contributed by atoms with E-state index in [9.17, 15) is 4.79 Å². The van der Waals surface area contributed by atoms with Crippen molar-refractivity contribution in [2.45, 2.75) is 6.92 Å². The fraction of sp³-hybridized carbons (Fsp3) is 0.111. The van der Waals surface area contributed by atoms with Crippen LogP contribution in [0.25, 0.3) is 0 Å². The maximum Gasteiger partial charge on any atom is 0.279 e. The van der Waals surface area contributed by atoms with E-state index in [1.807, 2.05) is 19.1 Å². The number of hydrogen-bond acceptors (Lipinski definition) is 3. The largest absolute Gasteiger partial charge is 0.279 e. The van der Waals surface area contributed by atoms with Crippen LogP contribution in [0.5, 0.6) is 0 Å². The Morgan fingerprint density at radius 2 is 2.07 bits per heavy atom. The first-order chi connectivity index (χ1) is 7.25. The van der Waals surface area contributed by atoms with Gasteiger partial charge in [0.1, 0.15) is 0 Å². The smallest absolute Gasteiger partial charge is 0.267 e. The molecule has 2 rings (SSSR count). The maximum atomic E-state index is 11.6. The first-order valence-electron chi connectivity index (χ1n) is 4.20. The third kappa shape index (κ3) is 2.60. The Morgan fingerprint density at radius 3 is 2.67 bits per heavy atom. The summed E-state index contributed by atoms with van der Waals surface area (Å²) in [6.45, 7) is 1.97. The van der Waals surface area contributed by atoms with Gasteiger partial charge in [0, 0.05) is 5.56 Å². The van der Waals surface area contributed by atoms with Crippen molar-refractivity contribution in [1.82, 2.24) is 0 Å². The molecule has 1 aromatic rings. The minimum absolute atomic E-state index is 0.279. The van der Waals surface area contributed by atoms with Gasteiger partial charge in [-0.3, -0.25) is 4.79 Å². The van der Waals surface area contributed by atoms with Gasteiger partial charge in [-0.25, -0.2) is 0 Å². The lowest BCUT2D eigenvalue weighted by atomic mass is 10.1. The highest BCUT2D eigenvalue weighted by atomic mass is 32.2. The molecule has 76 valence electrons. The minimum Gasteiger partial charge on any atom is -0.267 e. The first kappa shape index (κ1) is 10.3. The van der Waals surface area contributed by atoms with Crippen molar-refractivity contribution in [1.29, 1.82) is 0 Å². The highest BCUT2D eigenvalue weighted by molar-refractivity contribution is 8.16. The molecule has 1 amide bonds. The number of aliphatic imine (C=N–C) groups is 1. The number of aryl methyl sites for hydroxylation is 1. The molecule has 0 unspecified atom stereocenters. The van der Waals surface area contributed by atoms with E-state index >= 15 is 0 Å². The van der Waals surface area contributed by atoms with E-state index in [0.29, 0.717) is 10.7 Å². The van der Waals surface area contributed by atoms with Crippen LogP contribution >= 0.6 is 11.9 Å². The van der Waals surface area contributed by atoms with Crippen LogP contribution < -0.4 is 0 Å². The number of carbonyl (C=O) groups excluding carboxylic acids is 1. The van der Waals surface area contributed by atoms with Gasteiger partial charge < -0.3 is 0 Å². The van der Waals surface area contributed by atoms with Crippen molar-refractivity contribution in [3.8, 4) is 0 Å².